The van der Waals surface area contributed by atoms with E-state index in [2.05, 4.69) is 34.2 Å². The summed E-state index contributed by atoms with van der Waals surface area (Å²) >= 11 is 1.73. The van der Waals surface area contributed by atoms with Gasteiger partial charge in [0, 0.05) is 30.2 Å². The van der Waals surface area contributed by atoms with E-state index >= 15 is 0 Å². The third kappa shape index (κ3) is 3.48. The number of benzene rings is 1. The topological polar surface area (TPSA) is 25.4 Å². The molecule has 4 heteroatoms. The van der Waals surface area contributed by atoms with Crippen LogP contribution in [0.2, 0.25) is 0 Å². The van der Waals surface area contributed by atoms with Crippen molar-refractivity contribution < 1.29 is 4.74 Å². The maximum atomic E-state index is 5.96. The molecule has 0 radical (unpaired) electrons. The minimum Gasteiger partial charge on any atom is -0.492 e. The van der Waals surface area contributed by atoms with Crippen LogP contribution in [-0.4, -0.2) is 23.0 Å². The number of hydrogen-bond acceptors (Lipinski definition) is 4. The maximum absolute atomic E-state index is 5.96. The number of nitrogens with zero attached hydrogens (tertiary/aromatic N) is 2. The zero-order valence-corrected chi connectivity index (χ0v) is 14.1. The Labute approximate surface area is 141 Å². The summed E-state index contributed by atoms with van der Waals surface area (Å²) in [5.41, 5.74) is 4.20. The molecule has 0 fully saturated rings. The average Bonchev–Trinajstić information content (AvgIpc) is 3.01. The first-order valence-electron chi connectivity index (χ1n) is 8.44. The summed E-state index contributed by atoms with van der Waals surface area (Å²) in [5, 5.41) is 3.23. The number of hydrogen-bond donors (Lipinski definition) is 0. The van der Waals surface area contributed by atoms with E-state index in [-0.39, 0.29) is 0 Å². The van der Waals surface area contributed by atoms with Gasteiger partial charge in [0.2, 0.25) is 0 Å². The first kappa shape index (κ1) is 14.9. The smallest absolute Gasteiger partial charge is 0.123 e. The van der Waals surface area contributed by atoms with Gasteiger partial charge >= 0.3 is 0 Å². The lowest BCUT2D eigenvalue weighted by atomic mass is 9.92. The van der Waals surface area contributed by atoms with Gasteiger partial charge in [-0.3, -0.25) is 4.90 Å². The second-order valence-corrected chi connectivity index (χ2v) is 7.26. The van der Waals surface area contributed by atoms with Crippen LogP contribution in [0.1, 0.15) is 41.8 Å². The van der Waals surface area contributed by atoms with Gasteiger partial charge in [-0.05, 0) is 49.0 Å². The van der Waals surface area contributed by atoms with Gasteiger partial charge in [-0.25, -0.2) is 4.98 Å². The highest BCUT2D eigenvalue weighted by Crippen LogP contribution is 2.32. The molecule has 1 aromatic carbocycles. The Kier molecular flexibility index (Phi) is 4.44. The molecule has 3 nitrogen and oxygen atoms in total. The van der Waals surface area contributed by atoms with E-state index in [0.717, 1.165) is 32.0 Å². The van der Waals surface area contributed by atoms with Crippen molar-refractivity contribution in [2.45, 2.75) is 38.8 Å². The van der Waals surface area contributed by atoms with E-state index in [9.17, 15) is 0 Å². The fraction of sp³-hybridized carbons (Fsp3) is 0.421. The molecule has 2 aliphatic rings. The summed E-state index contributed by atoms with van der Waals surface area (Å²) in [4.78, 5) is 6.85. The van der Waals surface area contributed by atoms with E-state index in [0.29, 0.717) is 0 Å². The first-order chi connectivity index (χ1) is 11.4. The molecule has 0 spiro atoms. The standard InChI is InChI=1S/C19H22N2OS/c1-2-4-15(5-3-1)16-6-7-18-17(12-16)13-21(9-10-22-18)14-19-20-8-11-23-19/h4,6-8,11-12H,1-3,5,9-10,13-14H2. The minimum atomic E-state index is 0.750. The second kappa shape index (κ2) is 6.85. The largest absolute Gasteiger partial charge is 0.492 e. The average molecular weight is 326 g/mol. The van der Waals surface area contributed by atoms with Crippen molar-refractivity contribution in [1.29, 1.82) is 0 Å². The Morgan fingerprint density at radius 1 is 1.26 bits per heavy atom. The lowest BCUT2D eigenvalue weighted by molar-refractivity contribution is 0.219. The lowest BCUT2D eigenvalue weighted by Crippen LogP contribution is -2.25. The second-order valence-electron chi connectivity index (χ2n) is 6.28. The molecule has 1 aromatic heterocycles. The van der Waals surface area contributed by atoms with Crippen LogP contribution < -0.4 is 4.74 Å². The summed E-state index contributed by atoms with van der Waals surface area (Å²) in [6.07, 6.45) is 9.38. The van der Waals surface area contributed by atoms with Crippen LogP contribution in [0.15, 0.2) is 35.9 Å². The molecule has 0 amide bonds. The highest BCUT2D eigenvalue weighted by Gasteiger charge is 2.18. The third-order valence-electron chi connectivity index (χ3n) is 4.62. The van der Waals surface area contributed by atoms with E-state index in [4.69, 9.17) is 4.74 Å². The number of aromatic nitrogens is 1. The Morgan fingerprint density at radius 3 is 3.09 bits per heavy atom. The summed E-state index contributed by atoms with van der Waals surface area (Å²) in [6, 6.07) is 6.73. The highest BCUT2D eigenvalue weighted by atomic mass is 32.1. The van der Waals surface area contributed by atoms with E-state index in [1.165, 1.54) is 47.4 Å². The molecular formula is C19H22N2OS. The van der Waals surface area contributed by atoms with Gasteiger partial charge in [0.05, 0.1) is 6.54 Å². The SMILES string of the molecule is C1=C(c2ccc3c(c2)CN(Cc2nccs2)CCO3)CCCC1. The van der Waals surface area contributed by atoms with Crippen LogP contribution >= 0.6 is 11.3 Å². The Balaban J connectivity index is 1.56. The fourth-order valence-corrected chi connectivity index (χ4v) is 4.06. The quantitative estimate of drug-likeness (QED) is 0.830. The van der Waals surface area contributed by atoms with Crippen molar-refractivity contribution in [1.82, 2.24) is 9.88 Å². The Bertz CT molecular complexity index is 693. The van der Waals surface area contributed by atoms with Gasteiger partial charge in [0.1, 0.15) is 17.4 Å². The van der Waals surface area contributed by atoms with Crippen LogP contribution in [-0.2, 0) is 13.1 Å². The van der Waals surface area contributed by atoms with Gasteiger partial charge in [-0.1, -0.05) is 12.1 Å². The molecule has 2 aromatic rings. The number of ether oxygens (including phenoxy) is 1. The summed E-state index contributed by atoms with van der Waals surface area (Å²) in [5.74, 6) is 1.05. The highest BCUT2D eigenvalue weighted by molar-refractivity contribution is 7.09. The van der Waals surface area contributed by atoms with Crippen LogP contribution in [0, 0.1) is 0 Å². The van der Waals surface area contributed by atoms with E-state index < -0.39 is 0 Å². The molecule has 4 rings (SSSR count). The molecule has 0 N–H and O–H groups in total. The molecule has 23 heavy (non-hydrogen) atoms. The molecular weight excluding hydrogens is 304 g/mol. The van der Waals surface area contributed by atoms with Crippen LogP contribution in [0.5, 0.6) is 5.75 Å². The first-order valence-corrected chi connectivity index (χ1v) is 9.32. The normalized spacial score (nSPS) is 18.7. The van der Waals surface area contributed by atoms with Crippen molar-refractivity contribution in [3.05, 3.63) is 52.0 Å². The number of allylic oxidation sites excluding steroid dienone is 2. The molecule has 0 bridgehead atoms. The molecule has 0 unspecified atom stereocenters. The van der Waals surface area contributed by atoms with Crippen LogP contribution in [0.4, 0.5) is 0 Å². The Morgan fingerprint density at radius 2 is 2.26 bits per heavy atom. The number of rotatable bonds is 3. The molecule has 2 heterocycles. The number of thiazole rings is 1. The minimum absolute atomic E-state index is 0.750. The predicted octanol–water partition coefficient (Wildman–Crippen LogP) is 4.50. The molecule has 1 aliphatic heterocycles. The zero-order valence-electron chi connectivity index (χ0n) is 13.3. The van der Waals surface area contributed by atoms with E-state index in [1.807, 2.05) is 11.6 Å². The molecule has 0 saturated heterocycles. The lowest BCUT2D eigenvalue weighted by Gasteiger charge is -2.18. The van der Waals surface area contributed by atoms with Crippen molar-refractivity contribution in [2.75, 3.05) is 13.2 Å². The maximum Gasteiger partial charge on any atom is 0.123 e. The van der Waals surface area contributed by atoms with Crippen molar-refractivity contribution >= 4 is 16.9 Å². The molecule has 0 saturated carbocycles. The van der Waals surface area contributed by atoms with Gasteiger partial charge in [0.25, 0.3) is 0 Å². The van der Waals surface area contributed by atoms with Gasteiger partial charge < -0.3 is 4.74 Å². The summed E-state index contributed by atoms with van der Waals surface area (Å²) in [7, 11) is 0. The summed E-state index contributed by atoms with van der Waals surface area (Å²) < 4.78 is 5.96. The van der Waals surface area contributed by atoms with Crippen molar-refractivity contribution in [2.24, 2.45) is 0 Å². The van der Waals surface area contributed by atoms with Crippen LogP contribution in [0.3, 0.4) is 0 Å². The van der Waals surface area contributed by atoms with Gasteiger partial charge in [-0.2, -0.15) is 0 Å². The molecule has 120 valence electrons. The summed E-state index contributed by atoms with van der Waals surface area (Å²) in [6.45, 7) is 3.55. The monoisotopic (exact) mass is 326 g/mol. The Hall–Kier alpha value is -1.65. The van der Waals surface area contributed by atoms with Gasteiger partial charge in [-0.15, -0.1) is 11.3 Å². The third-order valence-corrected chi connectivity index (χ3v) is 5.39. The van der Waals surface area contributed by atoms with Crippen LogP contribution in [0.25, 0.3) is 5.57 Å². The van der Waals surface area contributed by atoms with Gasteiger partial charge in [0.15, 0.2) is 0 Å². The number of fused-ring (bicyclic) bond motifs is 1. The predicted molar refractivity (Wildman–Crippen MR) is 94.6 cm³/mol. The fourth-order valence-electron chi connectivity index (χ4n) is 3.41. The van der Waals surface area contributed by atoms with Crippen molar-refractivity contribution in [3.8, 4) is 5.75 Å². The molecule has 1 aliphatic carbocycles. The molecule has 0 atom stereocenters. The van der Waals surface area contributed by atoms with Crippen molar-refractivity contribution in [3.63, 3.8) is 0 Å². The van der Waals surface area contributed by atoms with E-state index in [1.54, 1.807) is 11.3 Å². The zero-order chi connectivity index (χ0) is 15.5.